The maximum atomic E-state index is 7.08. The predicted molar refractivity (Wildman–Crippen MR) is 64.8 cm³/mol. The van der Waals surface area contributed by atoms with Crippen LogP contribution in [0.15, 0.2) is 17.8 Å². The van der Waals surface area contributed by atoms with Crippen LogP contribution < -0.4 is 17.0 Å². The van der Waals surface area contributed by atoms with E-state index < -0.39 is 0 Å². The van der Waals surface area contributed by atoms with Crippen molar-refractivity contribution < 1.29 is 17.0 Å². The van der Waals surface area contributed by atoms with Crippen molar-refractivity contribution in [2.24, 2.45) is 0 Å². The second-order valence-electron chi connectivity index (χ2n) is 3.99. The van der Waals surface area contributed by atoms with Crippen molar-refractivity contribution in [2.45, 2.75) is 45.4 Å². The van der Waals surface area contributed by atoms with E-state index in [1.54, 1.807) is 0 Å². The Morgan fingerprint density at radius 1 is 1.25 bits per heavy atom. The second kappa shape index (κ2) is 9.56. The monoisotopic (exact) mass is 284 g/mol. The normalized spacial score (nSPS) is 13.1. The summed E-state index contributed by atoms with van der Waals surface area (Å²) in [6, 6.07) is 0. The number of nitrogens with one attached hydrogen (secondary N) is 1. The zero-order chi connectivity index (χ0) is 10.9. The van der Waals surface area contributed by atoms with Gasteiger partial charge in [-0.05, 0) is 6.42 Å². The van der Waals surface area contributed by atoms with Gasteiger partial charge in [0.15, 0.2) is 5.57 Å². The molecule has 0 aromatic heterocycles. The highest BCUT2D eigenvalue weighted by atomic mass is 79.9. The molecular formula is C13H21BrN2. The predicted octanol–water partition coefficient (Wildman–Crippen LogP) is 0.517. The third-order valence-corrected chi connectivity index (χ3v) is 2.61. The summed E-state index contributed by atoms with van der Waals surface area (Å²) < 4.78 is 0. The molecule has 90 valence electrons. The van der Waals surface area contributed by atoms with Gasteiger partial charge in [-0.15, -0.1) is 0 Å². The zero-order valence-electron chi connectivity index (χ0n) is 10.0. The first kappa shape index (κ1) is 15.3. The van der Waals surface area contributed by atoms with E-state index in [0.29, 0.717) is 0 Å². The van der Waals surface area contributed by atoms with Crippen LogP contribution in [0, 0.1) is 11.6 Å². The standard InChI is InChI=1S/C13H21N2.BrH/c1-2-3-4-5-6-7-9-15-10-8-13(11-14)12-15;/h8,10-11,14H,2-7,9H2,1H3;1H/q+1;/p-1. The number of rotatable bonds is 8. The molecule has 1 N–H and O–H groups in total. The highest BCUT2D eigenvalue weighted by molar-refractivity contribution is 5.79. The van der Waals surface area contributed by atoms with Crippen LogP contribution in [0.25, 0.3) is 0 Å². The Kier molecular flexibility index (Phi) is 9.16. The molecule has 16 heavy (non-hydrogen) atoms. The molecule has 0 radical (unpaired) electrons. The SMILES string of the molecule is CCCCCCCCN1[C+]=C(C=N)C=C1.[Br-]. The van der Waals surface area contributed by atoms with E-state index >= 15 is 0 Å². The highest BCUT2D eigenvalue weighted by Gasteiger charge is 2.12. The molecule has 2 nitrogen and oxygen atoms in total. The number of nitrogens with zero attached hydrogens (tertiary/aromatic N) is 1. The summed E-state index contributed by atoms with van der Waals surface area (Å²) in [5, 5.41) is 7.08. The molecule has 0 amide bonds. The molecule has 1 aliphatic heterocycles. The molecule has 0 aromatic rings. The fraction of sp³-hybridized carbons (Fsp3) is 0.615. The molecule has 0 atom stereocenters. The molecule has 0 aromatic carbocycles. The Balaban J connectivity index is 0.00000225. The van der Waals surface area contributed by atoms with Crippen LogP contribution in [-0.2, 0) is 0 Å². The lowest BCUT2D eigenvalue weighted by molar-refractivity contribution is -0.00000342. The van der Waals surface area contributed by atoms with E-state index in [-0.39, 0.29) is 17.0 Å². The van der Waals surface area contributed by atoms with Crippen LogP contribution in [0.2, 0.25) is 0 Å². The van der Waals surface area contributed by atoms with Gasteiger partial charge in [-0.25, -0.2) is 4.90 Å². The van der Waals surface area contributed by atoms with Crippen LogP contribution in [0.3, 0.4) is 0 Å². The number of halogens is 1. The van der Waals surface area contributed by atoms with Gasteiger partial charge in [0.25, 0.3) is 0 Å². The summed E-state index contributed by atoms with van der Waals surface area (Å²) in [5.74, 6) is 0. The topological polar surface area (TPSA) is 27.1 Å². The first-order valence-electron chi connectivity index (χ1n) is 5.95. The van der Waals surface area contributed by atoms with E-state index in [2.05, 4.69) is 18.0 Å². The summed E-state index contributed by atoms with van der Waals surface area (Å²) in [7, 11) is 0. The van der Waals surface area contributed by atoms with Gasteiger partial charge in [-0.3, -0.25) is 5.41 Å². The van der Waals surface area contributed by atoms with Crippen LogP contribution in [0.1, 0.15) is 45.4 Å². The minimum absolute atomic E-state index is 0. The van der Waals surface area contributed by atoms with Crippen molar-refractivity contribution in [3.05, 3.63) is 24.0 Å². The Hall–Kier alpha value is -0.660. The molecule has 1 rings (SSSR count). The Morgan fingerprint density at radius 2 is 1.94 bits per heavy atom. The number of hydrogen-bond donors (Lipinski definition) is 1. The Bertz CT molecular complexity index is 246. The molecule has 0 saturated heterocycles. The average Bonchev–Trinajstić information content (AvgIpc) is 2.71. The van der Waals surface area contributed by atoms with Crippen molar-refractivity contribution in [3.8, 4) is 0 Å². The minimum atomic E-state index is 0. The Morgan fingerprint density at radius 3 is 2.56 bits per heavy atom. The first-order valence-corrected chi connectivity index (χ1v) is 5.95. The fourth-order valence-corrected chi connectivity index (χ4v) is 1.68. The van der Waals surface area contributed by atoms with Gasteiger partial charge >= 0.3 is 0 Å². The van der Waals surface area contributed by atoms with Crippen LogP contribution >= 0.6 is 0 Å². The number of allylic oxidation sites excluding steroid dienone is 2. The van der Waals surface area contributed by atoms with Gasteiger partial charge in [-0.1, -0.05) is 39.0 Å². The van der Waals surface area contributed by atoms with E-state index in [9.17, 15) is 0 Å². The molecule has 0 bridgehead atoms. The third kappa shape index (κ3) is 6.04. The Labute approximate surface area is 110 Å². The smallest absolute Gasteiger partial charge is 0.194 e. The molecule has 0 aliphatic carbocycles. The fourth-order valence-electron chi connectivity index (χ4n) is 1.68. The lowest BCUT2D eigenvalue weighted by atomic mass is 10.1. The van der Waals surface area contributed by atoms with Crippen molar-refractivity contribution >= 4 is 6.21 Å². The summed E-state index contributed by atoms with van der Waals surface area (Å²) in [6.07, 6.45) is 16.4. The van der Waals surface area contributed by atoms with Crippen molar-refractivity contribution in [1.29, 1.82) is 5.41 Å². The molecular weight excluding hydrogens is 264 g/mol. The van der Waals surface area contributed by atoms with E-state index in [1.807, 2.05) is 12.3 Å². The number of hydrogen-bond acceptors (Lipinski definition) is 2. The molecule has 0 spiro atoms. The van der Waals surface area contributed by atoms with E-state index in [1.165, 1.54) is 44.7 Å². The lowest BCUT2D eigenvalue weighted by Gasteiger charge is -2.04. The van der Waals surface area contributed by atoms with Gasteiger partial charge in [0.05, 0.1) is 12.6 Å². The van der Waals surface area contributed by atoms with Gasteiger partial charge in [-0.2, -0.15) is 0 Å². The second-order valence-corrected chi connectivity index (χ2v) is 3.99. The van der Waals surface area contributed by atoms with Gasteiger partial charge in [0.2, 0.25) is 0 Å². The van der Waals surface area contributed by atoms with Gasteiger partial charge in [0.1, 0.15) is 18.6 Å². The molecule has 0 unspecified atom stereocenters. The van der Waals surface area contributed by atoms with Crippen molar-refractivity contribution in [1.82, 2.24) is 4.90 Å². The zero-order valence-corrected chi connectivity index (χ0v) is 11.6. The maximum absolute atomic E-state index is 7.08. The van der Waals surface area contributed by atoms with Crippen LogP contribution in [0.4, 0.5) is 0 Å². The summed E-state index contributed by atoms with van der Waals surface area (Å²) >= 11 is 0. The lowest BCUT2D eigenvalue weighted by Crippen LogP contribution is -3.00. The van der Waals surface area contributed by atoms with Crippen LogP contribution in [0.5, 0.6) is 0 Å². The third-order valence-electron chi connectivity index (χ3n) is 2.61. The van der Waals surface area contributed by atoms with Gasteiger partial charge < -0.3 is 17.0 Å². The average molecular weight is 285 g/mol. The van der Waals surface area contributed by atoms with Gasteiger partial charge in [0, 0.05) is 0 Å². The summed E-state index contributed by atoms with van der Waals surface area (Å²) in [6.45, 7) is 3.29. The maximum Gasteiger partial charge on any atom is 0.194 e. The minimum Gasteiger partial charge on any atom is -1.00 e. The quantitative estimate of drug-likeness (QED) is 0.393. The summed E-state index contributed by atoms with van der Waals surface area (Å²) in [5.41, 5.74) is 0.876. The van der Waals surface area contributed by atoms with Crippen molar-refractivity contribution in [2.75, 3.05) is 6.54 Å². The molecule has 0 saturated carbocycles. The molecule has 3 heteroatoms. The summed E-state index contributed by atoms with van der Waals surface area (Å²) in [4.78, 5) is 2.06. The molecule has 1 heterocycles. The molecule has 1 aliphatic rings. The largest absolute Gasteiger partial charge is 1.00 e. The van der Waals surface area contributed by atoms with E-state index in [4.69, 9.17) is 5.41 Å². The van der Waals surface area contributed by atoms with Crippen molar-refractivity contribution in [3.63, 3.8) is 0 Å². The first-order chi connectivity index (χ1) is 7.36. The molecule has 0 fully saturated rings. The number of unbranched alkanes of at least 4 members (excludes halogenated alkanes) is 5. The van der Waals surface area contributed by atoms with E-state index in [0.717, 1.165) is 12.1 Å². The van der Waals surface area contributed by atoms with Crippen LogP contribution in [-0.4, -0.2) is 17.7 Å². The highest BCUT2D eigenvalue weighted by Crippen LogP contribution is 2.10.